The van der Waals surface area contributed by atoms with Gasteiger partial charge in [0.15, 0.2) is 0 Å². The van der Waals surface area contributed by atoms with Crippen LogP contribution in [0.15, 0.2) is 23.3 Å². The topological polar surface area (TPSA) is 58.7 Å². The molecule has 0 aliphatic carbocycles. The van der Waals surface area contributed by atoms with Gasteiger partial charge in [-0.25, -0.2) is 0 Å². The molecule has 4 nitrogen and oxygen atoms in total. The van der Waals surface area contributed by atoms with E-state index in [-0.39, 0.29) is 12.3 Å². The zero-order valence-electron chi connectivity index (χ0n) is 8.20. The molecular formula is C10H10ClN3O. The van der Waals surface area contributed by atoms with E-state index in [1.165, 1.54) is 5.01 Å². The highest BCUT2D eigenvalue weighted by atomic mass is 35.5. The van der Waals surface area contributed by atoms with Crippen LogP contribution < -0.4 is 10.7 Å². The van der Waals surface area contributed by atoms with E-state index in [0.717, 1.165) is 5.56 Å². The average molecular weight is 224 g/mol. The van der Waals surface area contributed by atoms with Crippen LogP contribution in [0.1, 0.15) is 12.0 Å². The molecule has 2 N–H and O–H groups in total. The van der Waals surface area contributed by atoms with Gasteiger partial charge in [-0.05, 0) is 24.6 Å². The van der Waals surface area contributed by atoms with E-state index in [4.69, 9.17) is 17.3 Å². The number of aryl methyl sites for hydroxylation is 1. The first-order valence-electron chi connectivity index (χ1n) is 4.50. The number of carbonyl (C=O) groups excluding carboxylic acids is 1. The average Bonchev–Trinajstić information content (AvgIpc) is 2.50. The number of hydrogen-bond acceptors (Lipinski definition) is 3. The lowest BCUT2D eigenvalue weighted by atomic mass is 10.2. The number of rotatable bonds is 1. The lowest BCUT2D eigenvalue weighted by Gasteiger charge is -2.14. The van der Waals surface area contributed by atoms with Gasteiger partial charge in [0.25, 0.3) is 5.91 Å². The summed E-state index contributed by atoms with van der Waals surface area (Å²) in [4.78, 5) is 11.5. The van der Waals surface area contributed by atoms with Gasteiger partial charge in [0.1, 0.15) is 5.84 Å². The highest BCUT2D eigenvalue weighted by Gasteiger charge is 2.24. The normalized spacial score (nSPS) is 15.7. The Morgan fingerprint density at radius 2 is 2.27 bits per heavy atom. The summed E-state index contributed by atoms with van der Waals surface area (Å²) in [5.74, 6) is 0.206. The van der Waals surface area contributed by atoms with E-state index in [0.29, 0.717) is 16.5 Å². The van der Waals surface area contributed by atoms with Crippen LogP contribution in [0.25, 0.3) is 0 Å². The van der Waals surface area contributed by atoms with E-state index in [1.807, 2.05) is 13.0 Å². The molecule has 0 radical (unpaired) electrons. The van der Waals surface area contributed by atoms with Gasteiger partial charge < -0.3 is 5.73 Å². The summed E-state index contributed by atoms with van der Waals surface area (Å²) >= 11 is 5.86. The molecule has 0 saturated carbocycles. The summed E-state index contributed by atoms with van der Waals surface area (Å²) in [6.07, 6.45) is 0.173. The number of carbonyl (C=O) groups is 1. The van der Waals surface area contributed by atoms with Crippen LogP contribution in [-0.4, -0.2) is 11.7 Å². The molecule has 0 atom stereocenters. The summed E-state index contributed by atoms with van der Waals surface area (Å²) in [5, 5.41) is 5.84. The highest BCUT2D eigenvalue weighted by Crippen LogP contribution is 2.26. The minimum atomic E-state index is -0.127. The summed E-state index contributed by atoms with van der Waals surface area (Å²) < 4.78 is 0. The quantitative estimate of drug-likeness (QED) is 0.787. The molecule has 5 heteroatoms. The zero-order valence-corrected chi connectivity index (χ0v) is 8.95. The lowest BCUT2D eigenvalue weighted by Crippen LogP contribution is -2.20. The van der Waals surface area contributed by atoms with Crippen molar-refractivity contribution in [1.82, 2.24) is 0 Å². The fraction of sp³-hybridized carbons (Fsp3) is 0.200. The first-order valence-corrected chi connectivity index (χ1v) is 4.88. The van der Waals surface area contributed by atoms with Crippen molar-refractivity contribution in [2.45, 2.75) is 13.3 Å². The maximum Gasteiger partial charge on any atom is 0.255 e. The van der Waals surface area contributed by atoms with Crippen molar-refractivity contribution in [3.63, 3.8) is 0 Å². The Morgan fingerprint density at radius 3 is 2.87 bits per heavy atom. The van der Waals surface area contributed by atoms with Gasteiger partial charge in [-0.2, -0.15) is 10.1 Å². The maximum atomic E-state index is 11.5. The fourth-order valence-electron chi connectivity index (χ4n) is 1.45. The van der Waals surface area contributed by atoms with Crippen molar-refractivity contribution in [1.29, 1.82) is 0 Å². The molecule has 2 rings (SSSR count). The van der Waals surface area contributed by atoms with E-state index >= 15 is 0 Å². The Hall–Kier alpha value is -1.55. The number of hydrogen-bond donors (Lipinski definition) is 1. The van der Waals surface area contributed by atoms with Crippen molar-refractivity contribution in [2.75, 3.05) is 5.01 Å². The van der Waals surface area contributed by atoms with Gasteiger partial charge in [-0.1, -0.05) is 17.7 Å². The Kier molecular flexibility index (Phi) is 2.36. The number of amides is 1. The van der Waals surface area contributed by atoms with Crippen molar-refractivity contribution >= 4 is 29.0 Å². The van der Waals surface area contributed by atoms with Crippen LogP contribution >= 0.6 is 11.6 Å². The third-order valence-corrected chi connectivity index (χ3v) is 2.43. The van der Waals surface area contributed by atoms with E-state index in [1.54, 1.807) is 12.1 Å². The predicted molar refractivity (Wildman–Crippen MR) is 59.9 cm³/mol. The number of hydrazone groups is 1. The van der Waals surface area contributed by atoms with Gasteiger partial charge in [0.2, 0.25) is 0 Å². The summed E-state index contributed by atoms with van der Waals surface area (Å²) in [6, 6.07) is 5.32. The third-order valence-electron chi connectivity index (χ3n) is 2.20. The van der Waals surface area contributed by atoms with Crippen molar-refractivity contribution in [3.8, 4) is 0 Å². The first-order chi connectivity index (χ1) is 7.08. The van der Waals surface area contributed by atoms with Crippen LogP contribution in [0.5, 0.6) is 0 Å². The molecule has 0 bridgehead atoms. The van der Waals surface area contributed by atoms with Gasteiger partial charge >= 0.3 is 0 Å². The Bertz CT molecular complexity index is 456. The molecule has 1 aromatic rings. The second-order valence-corrected chi connectivity index (χ2v) is 3.84. The molecule has 1 amide bonds. The SMILES string of the molecule is Cc1ccc(Cl)cc1N1N=C(N)CC1=O. The summed E-state index contributed by atoms with van der Waals surface area (Å²) in [7, 11) is 0. The van der Waals surface area contributed by atoms with Crippen LogP contribution in [0.2, 0.25) is 5.02 Å². The van der Waals surface area contributed by atoms with Crippen molar-refractivity contribution in [2.24, 2.45) is 10.8 Å². The molecule has 0 aromatic heterocycles. The van der Waals surface area contributed by atoms with Gasteiger partial charge in [0, 0.05) is 5.02 Å². The lowest BCUT2D eigenvalue weighted by molar-refractivity contribution is -0.116. The molecule has 0 fully saturated rings. The summed E-state index contributed by atoms with van der Waals surface area (Å²) in [5.41, 5.74) is 7.12. The number of nitrogens with two attached hydrogens (primary N) is 1. The van der Waals surface area contributed by atoms with Crippen molar-refractivity contribution in [3.05, 3.63) is 28.8 Å². The molecule has 15 heavy (non-hydrogen) atoms. The van der Waals surface area contributed by atoms with Gasteiger partial charge in [0.05, 0.1) is 12.1 Å². The van der Waals surface area contributed by atoms with Crippen LogP contribution in [0, 0.1) is 6.92 Å². The van der Waals surface area contributed by atoms with E-state index < -0.39 is 0 Å². The van der Waals surface area contributed by atoms with Crippen LogP contribution in [0.4, 0.5) is 5.69 Å². The largest absolute Gasteiger partial charge is 0.385 e. The number of anilines is 1. The molecule has 0 saturated heterocycles. The van der Waals surface area contributed by atoms with Crippen LogP contribution in [0.3, 0.4) is 0 Å². The summed E-state index contributed by atoms with van der Waals surface area (Å²) in [6.45, 7) is 1.89. The number of nitrogens with zero attached hydrogens (tertiary/aromatic N) is 2. The standard InChI is InChI=1S/C10H10ClN3O/c1-6-2-3-7(11)4-8(6)14-10(15)5-9(12)13-14/h2-4H,5H2,1H3,(H2,12,13). The molecular weight excluding hydrogens is 214 g/mol. The number of halogens is 1. The second kappa shape index (κ2) is 3.55. The maximum absolute atomic E-state index is 11.5. The molecule has 78 valence electrons. The molecule has 1 aliphatic heterocycles. The monoisotopic (exact) mass is 223 g/mol. The van der Waals surface area contributed by atoms with Crippen molar-refractivity contribution < 1.29 is 4.79 Å². The van der Waals surface area contributed by atoms with Crippen LogP contribution in [-0.2, 0) is 4.79 Å². The van der Waals surface area contributed by atoms with Gasteiger partial charge in [-0.15, -0.1) is 0 Å². The zero-order chi connectivity index (χ0) is 11.0. The minimum Gasteiger partial charge on any atom is -0.385 e. The molecule has 1 aromatic carbocycles. The molecule has 0 unspecified atom stereocenters. The number of benzene rings is 1. The minimum absolute atomic E-state index is 0.127. The molecule has 1 aliphatic rings. The third kappa shape index (κ3) is 1.80. The second-order valence-electron chi connectivity index (χ2n) is 3.40. The molecule has 1 heterocycles. The van der Waals surface area contributed by atoms with E-state index in [9.17, 15) is 4.79 Å². The van der Waals surface area contributed by atoms with Gasteiger partial charge in [-0.3, -0.25) is 4.79 Å². The fourth-order valence-corrected chi connectivity index (χ4v) is 1.61. The molecule has 0 spiro atoms. The number of amidine groups is 1. The Morgan fingerprint density at radius 1 is 1.53 bits per heavy atom. The smallest absolute Gasteiger partial charge is 0.255 e. The first kappa shape index (κ1) is 9.98. The highest BCUT2D eigenvalue weighted by molar-refractivity contribution is 6.31. The van der Waals surface area contributed by atoms with E-state index in [2.05, 4.69) is 5.10 Å². The Balaban J connectivity index is 2.45. The Labute approximate surface area is 92.3 Å². The predicted octanol–water partition coefficient (Wildman–Crippen LogP) is 1.66.